The number of amides is 2. The fourth-order valence-electron chi connectivity index (χ4n) is 2.46. The molecule has 0 aliphatic carbocycles. The Morgan fingerprint density at radius 3 is 3.14 bits per heavy atom. The average molecular weight is 359 g/mol. The molecule has 1 unspecified atom stereocenters. The van der Waals surface area contributed by atoms with Crippen molar-refractivity contribution in [3.05, 3.63) is 34.1 Å². The number of ether oxygens (including phenoxy) is 1. The van der Waals surface area contributed by atoms with E-state index in [1.807, 2.05) is 6.92 Å². The van der Waals surface area contributed by atoms with Crippen LogP contribution < -0.4 is 5.32 Å². The van der Waals surface area contributed by atoms with Gasteiger partial charge in [-0.25, -0.2) is 9.18 Å². The van der Waals surface area contributed by atoms with Crippen molar-refractivity contribution >= 4 is 22.0 Å². The predicted octanol–water partition coefficient (Wildman–Crippen LogP) is 3.30. The van der Waals surface area contributed by atoms with E-state index in [1.165, 1.54) is 6.07 Å². The molecule has 4 nitrogen and oxygen atoms in total. The number of rotatable bonds is 4. The number of carbonyl (C=O) groups is 1. The van der Waals surface area contributed by atoms with Crippen LogP contribution in [0, 0.1) is 5.82 Å². The first kappa shape index (κ1) is 16.2. The van der Waals surface area contributed by atoms with Gasteiger partial charge in [0.05, 0.1) is 6.10 Å². The smallest absolute Gasteiger partial charge is 0.317 e. The molecule has 1 heterocycles. The average Bonchev–Trinajstić information content (AvgIpc) is 2.48. The summed E-state index contributed by atoms with van der Waals surface area (Å²) in [5, 5.41) is 2.77. The first-order valence-corrected chi connectivity index (χ1v) is 7.97. The number of piperidine rings is 1. The minimum Gasteiger partial charge on any atom is -0.377 e. The molecule has 0 saturated carbocycles. The second kappa shape index (κ2) is 7.75. The van der Waals surface area contributed by atoms with E-state index in [-0.39, 0.29) is 24.5 Å². The molecule has 1 aromatic carbocycles. The topological polar surface area (TPSA) is 41.6 Å². The zero-order valence-electron chi connectivity index (χ0n) is 12.1. The van der Waals surface area contributed by atoms with Crippen molar-refractivity contribution in [3.63, 3.8) is 0 Å². The lowest BCUT2D eigenvalue weighted by Gasteiger charge is -2.32. The first-order valence-electron chi connectivity index (χ1n) is 7.18. The molecule has 1 aromatic rings. The second-order valence-electron chi connectivity index (χ2n) is 5.06. The Labute approximate surface area is 132 Å². The minimum absolute atomic E-state index is 0.108. The highest BCUT2D eigenvalue weighted by atomic mass is 79.9. The molecule has 1 N–H and O–H groups in total. The quantitative estimate of drug-likeness (QED) is 0.896. The molecule has 1 atom stereocenters. The van der Waals surface area contributed by atoms with Crippen LogP contribution in [0.3, 0.4) is 0 Å². The third-order valence-electron chi connectivity index (χ3n) is 3.51. The van der Waals surface area contributed by atoms with E-state index in [9.17, 15) is 9.18 Å². The van der Waals surface area contributed by atoms with E-state index in [0.29, 0.717) is 18.7 Å². The highest BCUT2D eigenvalue weighted by Crippen LogP contribution is 2.16. The van der Waals surface area contributed by atoms with E-state index in [0.717, 1.165) is 23.9 Å². The van der Waals surface area contributed by atoms with Crippen molar-refractivity contribution < 1.29 is 13.9 Å². The maximum absolute atomic E-state index is 13.6. The number of hydrogen-bond acceptors (Lipinski definition) is 2. The molecule has 1 fully saturated rings. The van der Waals surface area contributed by atoms with Gasteiger partial charge in [-0.3, -0.25) is 0 Å². The van der Waals surface area contributed by atoms with Crippen LogP contribution in [0.4, 0.5) is 9.18 Å². The summed E-state index contributed by atoms with van der Waals surface area (Å²) in [4.78, 5) is 13.9. The zero-order valence-corrected chi connectivity index (χ0v) is 13.7. The predicted molar refractivity (Wildman–Crippen MR) is 82.6 cm³/mol. The monoisotopic (exact) mass is 358 g/mol. The second-order valence-corrected chi connectivity index (χ2v) is 5.98. The summed E-state index contributed by atoms with van der Waals surface area (Å²) in [5.41, 5.74) is 0.469. The molecule has 0 aromatic heterocycles. The lowest BCUT2D eigenvalue weighted by molar-refractivity contribution is 0.0164. The number of benzene rings is 1. The highest BCUT2D eigenvalue weighted by Gasteiger charge is 2.23. The standard InChI is InChI=1S/C15H20BrFN2O2/c1-2-21-13-4-3-7-19(10-13)15(20)18-9-11-8-12(16)5-6-14(11)17/h5-6,8,13H,2-4,7,9-10H2,1H3,(H,18,20). The van der Waals surface area contributed by atoms with E-state index < -0.39 is 0 Å². The van der Waals surface area contributed by atoms with Gasteiger partial charge in [-0.15, -0.1) is 0 Å². The van der Waals surface area contributed by atoms with Crippen LogP contribution in [-0.4, -0.2) is 36.7 Å². The van der Waals surface area contributed by atoms with Crippen molar-refractivity contribution in [2.45, 2.75) is 32.4 Å². The third-order valence-corrected chi connectivity index (χ3v) is 4.00. The lowest BCUT2D eigenvalue weighted by atomic mass is 10.1. The summed E-state index contributed by atoms with van der Waals surface area (Å²) < 4.78 is 20.0. The maximum atomic E-state index is 13.6. The van der Waals surface area contributed by atoms with Gasteiger partial charge in [-0.2, -0.15) is 0 Å². The Kier molecular flexibility index (Phi) is 5.99. The van der Waals surface area contributed by atoms with E-state index in [1.54, 1.807) is 17.0 Å². The van der Waals surface area contributed by atoms with Crippen molar-refractivity contribution in [1.82, 2.24) is 10.2 Å². The van der Waals surface area contributed by atoms with Crippen molar-refractivity contribution in [2.24, 2.45) is 0 Å². The molecule has 0 bridgehead atoms. The van der Waals surface area contributed by atoms with Gasteiger partial charge in [0, 0.05) is 36.3 Å². The molecule has 6 heteroatoms. The normalized spacial score (nSPS) is 18.6. The molecule has 1 aliphatic heterocycles. The van der Waals surface area contributed by atoms with Crippen LogP contribution in [0.1, 0.15) is 25.3 Å². The van der Waals surface area contributed by atoms with Crippen LogP contribution in [0.25, 0.3) is 0 Å². The summed E-state index contributed by atoms with van der Waals surface area (Å²) in [6, 6.07) is 4.53. The Hall–Kier alpha value is -1.14. The molecule has 0 spiro atoms. The molecular weight excluding hydrogens is 339 g/mol. The summed E-state index contributed by atoms with van der Waals surface area (Å²) >= 11 is 3.30. The third kappa shape index (κ3) is 4.68. The van der Waals surface area contributed by atoms with E-state index in [2.05, 4.69) is 21.2 Å². The summed E-state index contributed by atoms with van der Waals surface area (Å²) in [5.74, 6) is -0.315. The summed E-state index contributed by atoms with van der Waals surface area (Å²) in [7, 11) is 0. The van der Waals surface area contributed by atoms with Crippen molar-refractivity contribution in [3.8, 4) is 0 Å². The number of nitrogens with zero attached hydrogens (tertiary/aromatic N) is 1. The fraction of sp³-hybridized carbons (Fsp3) is 0.533. The van der Waals surface area contributed by atoms with Gasteiger partial charge in [0.2, 0.25) is 0 Å². The van der Waals surface area contributed by atoms with Crippen molar-refractivity contribution in [1.29, 1.82) is 0 Å². The number of likely N-dealkylation sites (tertiary alicyclic amines) is 1. The SMILES string of the molecule is CCOC1CCCN(C(=O)NCc2cc(Br)ccc2F)C1. The lowest BCUT2D eigenvalue weighted by Crippen LogP contribution is -2.47. The molecule has 2 rings (SSSR count). The first-order chi connectivity index (χ1) is 10.1. The van der Waals surface area contributed by atoms with Gasteiger partial charge in [0.25, 0.3) is 0 Å². The molecule has 1 aliphatic rings. The van der Waals surface area contributed by atoms with Gasteiger partial charge in [-0.05, 0) is 38.0 Å². The van der Waals surface area contributed by atoms with E-state index in [4.69, 9.17) is 4.74 Å². The summed E-state index contributed by atoms with van der Waals surface area (Å²) in [6.45, 7) is 4.11. The number of hydrogen-bond donors (Lipinski definition) is 1. The Morgan fingerprint density at radius 2 is 2.38 bits per heavy atom. The van der Waals surface area contributed by atoms with Crippen LogP contribution in [0.5, 0.6) is 0 Å². The highest BCUT2D eigenvalue weighted by molar-refractivity contribution is 9.10. The molecule has 1 saturated heterocycles. The minimum atomic E-state index is -0.315. The van der Waals surface area contributed by atoms with Crippen LogP contribution in [-0.2, 0) is 11.3 Å². The number of halogens is 2. The largest absolute Gasteiger partial charge is 0.377 e. The van der Waals surface area contributed by atoms with Gasteiger partial charge in [0.15, 0.2) is 0 Å². The van der Waals surface area contributed by atoms with Crippen molar-refractivity contribution in [2.75, 3.05) is 19.7 Å². The molecular formula is C15H20BrFN2O2. The van der Waals surface area contributed by atoms with Crippen LogP contribution in [0.15, 0.2) is 22.7 Å². The van der Waals surface area contributed by atoms with Gasteiger partial charge >= 0.3 is 6.03 Å². The molecule has 0 radical (unpaired) electrons. The zero-order chi connectivity index (χ0) is 15.2. The molecule has 116 valence electrons. The van der Waals surface area contributed by atoms with E-state index >= 15 is 0 Å². The molecule has 21 heavy (non-hydrogen) atoms. The Bertz CT molecular complexity index is 497. The van der Waals surface area contributed by atoms with Crippen LogP contribution >= 0.6 is 15.9 Å². The maximum Gasteiger partial charge on any atom is 0.317 e. The Morgan fingerprint density at radius 1 is 1.57 bits per heavy atom. The fourth-order valence-corrected chi connectivity index (χ4v) is 2.86. The van der Waals surface area contributed by atoms with Gasteiger partial charge in [0.1, 0.15) is 5.82 Å². The Balaban J connectivity index is 1.88. The van der Waals surface area contributed by atoms with Crippen LogP contribution in [0.2, 0.25) is 0 Å². The van der Waals surface area contributed by atoms with Gasteiger partial charge in [-0.1, -0.05) is 15.9 Å². The number of carbonyl (C=O) groups excluding carboxylic acids is 1. The van der Waals surface area contributed by atoms with Gasteiger partial charge < -0.3 is 15.0 Å². The molecule has 2 amide bonds. The number of nitrogens with one attached hydrogen (secondary N) is 1. The summed E-state index contributed by atoms with van der Waals surface area (Å²) in [6.07, 6.45) is 2.03. The number of urea groups is 1.